The minimum absolute atomic E-state index is 0.0751. The van der Waals surface area contributed by atoms with Gasteiger partial charge in [0.15, 0.2) is 11.6 Å². The molecule has 1 unspecified atom stereocenters. The van der Waals surface area contributed by atoms with Crippen LogP contribution in [-0.2, 0) is 0 Å². The van der Waals surface area contributed by atoms with Crippen molar-refractivity contribution < 1.29 is 9.13 Å². The van der Waals surface area contributed by atoms with E-state index in [0.717, 1.165) is 25.5 Å². The Labute approximate surface area is 164 Å². The lowest BCUT2D eigenvalue weighted by Crippen LogP contribution is -2.50. The molecule has 0 aliphatic carbocycles. The van der Waals surface area contributed by atoms with E-state index in [1.165, 1.54) is 18.5 Å². The number of piperazine rings is 1. The average molecular weight is 386 g/mol. The van der Waals surface area contributed by atoms with Gasteiger partial charge >= 0.3 is 0 Å². The number of benzene rings is 1. The van der Waals surface area contributed by atoms with Crippen LogP contribution in [0.15, 0.2) is 24.5 Å². The number of nitrogens with two attached hydrogens (primary N) is 1. The molecule has 1 fully saturated rings. The van der Waals surface area contributed by atoms with Crippen LogP contribution in [0, 0.1) is 11.2 Å². The maximum atomic E-state index is 14.1. The summed E-state index contributed by atoms with van der Waals surface area (Å²) in [6.07, 6.45) is 1.26. The molecule has 0 bridgehead atoms. The van der Waals surface area contributed by atoms with E-state index in [9.17, 15) is 4.39 Å². The number of anilines is 2. The first-order chi connectivity index (χ1) is 13.3. The number of aromatic nitrogens is 2. The van der Waals surface area contributed by atoms with Crippen molar-refractivity contribution in [3.05, 3.63) is 41.6 Å². The number of rotatable bonds is 5. The summed E-state index contributed by atoms with van der Waals surface area (Å²) in [5.41, 5.74) is 7.08. The summed E-state index contributed by atoms with van der Waals surface area (Å²) in [6, 6.07) is 4.85. The zero-order valence-corrected chi connectivity index (χ0v) is 16.7. The van der Waals surface area contributed by atoms with Crippen molar-refractivity contribution in [3.63, 3.8) is 0 Å². The van der Waals surface area contributed by atoms with Crippen LogP contribution in [0.2, 0.25) is 0 Å². The quantitative estimate of drug-likeness (QED) is 0.606. The van der Waals surface area contributed by atoms with E-state index in [-0.39, 0.29) is 23.3 Å². The number of nitrogen functional groups attached to an aromatic ring is 1. The van der Waals surface area contributed by atoms with Gasteiger partial charge in [-0.3, -0.25) is 5.41 Å². The van der Waals surface area contributed by atoms with Crippen molar-refractivity contribution in [1.82, 2.24) is 14.9 Å². The highest BCUT2D eigenvalue weighted by molar-refractivity contribution is 6.13. The van der Waals surface area contributed by atoms with Gasteiger partial charge in [0, 0.05) is 49.1 Å². The van der Waals surface area contributed by atoms with E-state index < -0.39 is 5.82 Å². The minimum Gasteiger partial charge on any atom is -0.488 e. The zero-order chi connectivity index (χ0) is 20.4. The lowest BCUT2D eigenvalue weighted by molar-refractivity contribution is 0.231. The fourth-order valence-electron chi connectivity index (χ4n) is 3.18. The summed E-state index contributed by atoms with van der Waals surface area (Å²) in [6.45, 7) is 8.45. The fourth-order valence-corrected chi connectivity index (χ4v) is 3.18. The van der Waals surface area contributed by atoms with Crippen molar-refractivity contribution in [3.8, 4) is 5.75 Å². The molecule has 7 nitrogen and oxygen atoms in total. The van der Waals surface area contributed by atoms with E-state index in [0.29, 0.717) is 17.3 Å². The van der Waals surface area contributed by atoms with Crippen molar-refractivity contribution in [2.75, 3.05) is 37.3 Å². The first-order valence-corrected chi connectivity index (χ1v) is 9.38. The first kappa shape index (κ1) is 20.0. The van der Waals surface area contributed by atoms with Crippen LogP contribution in [0.5, 0.6) is 5.75 Å². The zero-order valence-electron chi connectivity index (χ0n) is 16.7. The van der Waals surface area contributed by atoms with Crippen molar-refractivity contribution in [2.45, 2.75) is 32.9 Å². The van der Waals surface area contributed by atoms with Crippen LogP contribution in [0.4, 0.5) is 15.9 Å². The predicted octanol–water partition coefficient (Wildman–Crippen LogP) is 2.54. The topological polar surface area (TPSA) is 91.4 Å². The molecule has 1 atom stereocenters. The molecule has 1 aliphatic rings. The van der Waals surface area contributed by atoms with Gasteiger partial charge in [-0.2, -0.15) is 0 Å². The predicted molar refractivity (Wildman–Crippen MR) is 109 cm³/mol. The molecule has 3 N–H and O–H groups in total. The van der Waals surface area contributed by atoms with Gasteiger partial charge in [0.05, 0.1) is 17.5 Å². The molecule has 3 rings (SSSR count). The number of likely N-dealkylation sites (N-methyl/N-ethyl adjacent to an activating group) is 1. The van der Waals surface area contributed by atoms with Gasteiger partial charge in [0.2, 0.25) is 0 Å². The number of halogens is 1. The van der Waals surface area contributed by atoms with Crippen molar-refractivity contribution >= 4 is 17.2 Å². The molecular weight excluding hydrogens is 359 g/mol. The molecule has 150 valence electrons. The highest BCUT2D eigenvalue weighted by atomic mass is 19.1. The summed E-state index contributed by atoms with van der Waals surface area (Å²) in [5.74, 6) is 0.303. The maximum Gasteiger partial charge on any atom is 0.167 e. The molecule has 0 radical (unpaired) electrons. The monoisotopic (exact) mass is 386 g/mol. The lowest BCUT2D eigenvalue weighted by atomic mass is 10.0. The number of nitrogens with one attached hydrogen (secondary N) is 1. The van der Waals surface area contributed by atoms with E-state index in [2.05, 4.69) is 33.7 Å². The Morgan fingerprint density at radius 1 is 1.29 bits per heavy atom. The molecule has 0 saturated carbocycles. The van der Waals surface area contributed by atoms with Gasteiger partial charge in [-0.1, -0.05) is 0 Å². The number of ether oxygens (including phenoxy) is 1. The van der Waals surface area contributed by atoms with Crippen LogP contribution < -0.4 is 15.4 Å². The Morgan fingerprint density at radius 3 is 2.71 bits per heavy atom. The van der Waals surface area contributed by atoms with Gasteiger partial charge in [0.25, 0.3) is 0 Å². The number of hydrogen-bond acceptors (Lipinski definition) is 7. The van der Waals surface area contributed by atoms with Gasteiger partial charge in [-0.25, -0.2) is 14.4 Å². The molecule has 1 saturated heterocycles. The van der Waals surface area contributed by atoms with Crippen LogP contribution in [-0.4, -0.2) is 59.4 Å². The highest BCUT2D eigenvalue weighted by Gasteiger charge is 2.23. The summed E-state index contributed by atoms with van der Waals surface area (Å²) in [7, 11) is 2.11. The van der Waals surface area contributed by atoms with Crippen LogP contribution in [0.25, 0.3) is 0 Å². The number of hydrogen-bond donors (Lipinski definition) is 2. The van der Waals surface area contributed by atoms with E-state index in [4.69, 9.17) is 15.9 Å². The van der Waals surface area contributed by atoms with Crippen molar-refractivity contribution in [2.24, 2.45) is 0 Å². The van der Waals surface area contributed by atoms with Crippen LogP contribution in [0.3, 0.4) is 0 Å². The third-order valence-electron chi connectivity index (χ3n) is 4.93. The lowest BCUT2D eigenvalue weighted by Gasteiger charge is -2.38. The third-order valence-corrected chi connectivity index (χ3v) is 4.93. The second-order valence-electron chi connectivity index (χ2n) is 7.45. The molecule has 2 aromatic rings. The SMILES string of the molecule is CC(C)Oc1cc(C(=N)c2cc(N3CCN(C)C(C)C3)ncn2)c(N)cc1F. The van der Waals surface area contributed by atoms with Gasteiger partial charge in [-0.15, -0.1) is 0 Å². The molecule has 1 aliphatic heterocycles. The second-order valence-corrected chi connectivity index (χ2v) is 7.45. The Hall–Kier alpha value is -2.74. The Balaban J connectivity index is 1.89. The summed E-state index contributed by atoms with van der Waals surface area (Å²) >= 11 is 0. The van der Waals surface area contributed by atoms with Crippen LogP contribution >= 0.6 is 0 Å². The van der Waals surface area contributed by atoms with E-state index >= 15 is 0 Å². The first-order valence-electron chi connectivity index (χ1n) is 9.38. The third kappa shape index (κ3) is 4.22. The molecule has 0 amide bonds. The molecular formula is C20H27FN6O. The Kier molecular flexibility index (Phi) is 5.79. The fraction of sp³-hybridized carbons (Fsp3) is 0.450. The molecule has 1 aromatic heterocycles. The smallest absolute Gasteiger partial charge is 0.167 e. The molecule has 0 spiro atoms. The summed E-state index contributed by atoms with van der Waals surface area (Å²) in [5, 5.41) is 8.57. The second kappa shape index (κ2) is 8.10. The Morgan fingerprint density at radius 2 is 2.04 bits per heavy atom. The van der Waals surface area contributed by atoms with Gasteiger partial charge in [-0.05, 0) is 33.9 Å². The van der Waals surface area contributed by atoms with Crippen molar-refractivity contribution in [1.29, 1.82) is 5.41 Å². The molecule has 28 heavy (non-hydrogen) atoms. The standard InChI is InChI=1S/C20H27FN6O/c1-12(2)28-18-7-14(16(22)8-15(18)21)20(23)17-9-19(25-11-24-17)27-6-5-26(4)13(3)10-27/h7-9,11-13,23H,5-6,10,22H2,1-4H3. The normalized spacial score (nSPS) is 17.8. The van der Waals surface area contributed by atoms with Gasteiger partial charge < -0.3 is 20.3 Å². The summed E-state index contributed by atoms with van der Waals surface area (Å²) in [4.78, 5) is 13.1. The van der Waals surface area contributed by atoms with Gasteiger partial charge in [0.1, 0.15) is 12.1 Å². The van der Waals surface area contributed by atoms with Crippen LogP contribution in [0.1, 0.15) is 32.0 Å². The maximum absolute atomic E-state index is 14.1. The van der Waals surface area contributed by atoms with E-state index in [1.54, 1.807) is 6.07 Å². The highest BCUT2D eigenvalue weighted by Crippen LogP contribution is 2.27. The number of nitrogens with zero attached hydrogens (tertiary/aromatic N) is 4. The minimum atomic E-state index is -0.544. The molecule has 1 aromatic carbocycles. The van der Waals surface area contributed by atoms with E-state index in [1.807, 2.05) is 13.8 Å². The molecule has 2 heterocycles. The Bertz CT molecular complexity index is 872. The average Bonchev–Trinajstić information content (AvgIpc) is 2.65. The molecule has 8 heteroatoms. The summed E-state index contributed by atoms with van der Waals surface area (Å²) < 4.78 is 19.6. The largest absolute Gasteiger partial charge is 0.488 e.